The van der Waals surface area contributed by atoms with Crippen LogP contribution in [0.2, 0.25) is 0 Å². The van der Waals surface area contributed by atoms with Gasteiger partial charge in [-0.25, -0.2) is 13.6 Å². The Morgan fingerprint density at radius 3 is 2.75 bits per heavy atom. The molecule has 2 amide bonds. The van der Waals surface area contributed by atoms with Crippen molar-refractivity contribution in [1.82, 2.24) is 5.32 Å². The molecular weight excluding hydrogens is 266 g/mol. The fraction of sp³-hybridized carbons (Fsp3) is 0.500. The van der Waals surface area contributed by atoms with E-state index in [0.717, 1.165) is 31.7 Å². The summed E-state index contributed by atoms with van der Waals surface area (Å²) in [6.45, 7) is 0.0237. The van der Waals surface area contributed by atoms with Gasteiger partial charge in [-0.1, -0.05) is 12.8 Å². The lowest BCUT2D eigenvalue weighted by Crippen LogP contribution is -2.45. The Kier molecular flexibility index (Phi) is 4.89. The second kappa shape index (κ2) is 6.65. The second-order valence-corrected chi connectivity index (χ2v) is 5.06. The molecule has 0 saturated heterocycles. The molecule has 0 heterocycles. The Labute approximate surface area is 116 Å². The molecule has 1 aromatic carbocycles. The quantitative estimate of drug-likeness (QED) is 0.799. The van der Waals surface area contributed by atoms with Crippen LogP contribution in [-0.2, 0) is 0 Å². The number of carbonyl (C=O) groups excluding carboxylic acids is 1. The van der Waals surface area contributed by atoms with Crippen molar-refractivity contribution >= 4 is 11.7 Å². The van der Waals surface area contributed by atoms with E-state index in [0.29, 0.717) is 6.07 Å². The van der Waals surface area contributed by atoms with Crippen LogP contribution in [-0.4, -0.2) is 23.8 Å². The zero-order chi connectivity index (χ0) is 14.5. The number of amides is 2. The van der Waals surface area contributed by atoms with Crippen LogP contribution in [0.1, 0.15) is 25.7 Å². The molecule has 0 bridgehead atoms. The van der Waals surface area contributed by atoms with Crippen LogP contribution in [0.4, 0.5) is 19.3 Å². The summed E-state index contributed by atoms with van der Waals surface area (Å²) in [5, 5.41) is 14.4. The van der Waals surface area contributed by atoms with E-state index in [4.69, 9.17) is 0 Å². The number of benzene rings is 1. The molecule has 0 spiro atoms. The van der Waals surface area contributed by atoms with Crippen LogP contribution in [0, 0.1) is 17.6 Å². The highest BCUT2D eigenvalue weighted by Crippen LogP contribution is 2.24. The Balaban J connectivity index is 1.94. The van der Waals surface area contributed by atoms with E-state index in [2.05, 4.69) is 10.6 Å². The molecule has 1 aliphatic rings. The molecule has 0 radical (unpaired) electrons. The standard InChI is InChI=1S/C14H18F2N2O2/c15-10-5-6-13(11(16)7-10)18-14(20)17-12-4-2-1-3-9(12)8-19/h5-7,9,12,19H,1-4,8H2,(H2,17,18,20)/t9-,12-/m1/s1. The van der Waals surface area contributed by atoms with E-state index in [-0.39, 0.29) is 24.3 Å². The summed E-state index contributed by atoms with van der Waals surface area (Å²) >= 11 is 0. The van der Waals surface area contributed by atoms with E-state index in [1.165, 1.54) is 6.07 Å². The Morgan fingerprint density at radius 2 is 2.05 bits per heavy atom. The molecule has 1 aliphatic carbocycles. The van der Waals surface area contributed by atoms with Gasteiger partial charge in [-0.15, -0.1) is 0 Å². The van der Waals surface area contributed by atoms with Crippen molar-refractivity contribution < 1.29 is 18.7 Å². The SMILES string of the molecule is O=C(Nc1ccc(F)cc1F)N[C@@H]1CCCC[C@@H]1CO. The van der Waals surface area contributed by atoms with E-state index in [1.54, 1.807) is 0 Å². The lowest BCUT2D eigenvalue weighted by Gasteiger charge is -2.30. The summed E-state index contributed by atoms with van der Waals surface area (Å²) in [4.78, 5) is 11.8. The minimum Gasteiger partial charge on any atom is -0.396 e. The van der Waals surface area contributed by atoms with Gasteiger partial charge in [0.1, 0.15) is 11.6 Å². The summed E-state index contributed by atoms with van der Waals surface area (Å²) < 4.78 is 26.2. The Bertz CT molecular complexity index is 482. The fourth-order valence-electron chi connectivity index (χ4n) is 2.53. The van der Waals surface area contributed by atoms with Crippen molar-refractivity contribution in [2.75, 3.05) is 11.9 Å². The van der Waals surface area contributed by atoms with Gasteiger partial charge in [0.2, 0.25) is 0 Å². The van der Waals surface area contributed by atoms with Crippen LogP contribution in [0.3, 0.4) is 0 Å². The average Bonchev–Trinajstić information content (AvgIpc) is 2.42. The van der Waals surface area contributed by atoms with Gasteiger partial charge in [-0.3, -0.25) is 0 Å². The number of urea groups is 1. The summed E-state index contributed by atoms with van der Waals surface area (Å²) in [6.07, 6.45) is 3.70. The van der Waals surface area contributed by atoms with Gasteiger partial charge in [-0.05, 0) is 25.0 Å². The van der Waals surface area contributed by atoms with Gasteiger partial charge in [0.25, 0.3) is 0 Å². The van der Waals surface area contributed by atoms with E-state index in [1.807, 2.05) is 0 Å². The van der Waals surface area contributed by atoms with Gasteiger partial charge in [0.15, 0.2) is 0 Å². The first kappa shape index (κ1) is 14.7. The van der Waals surface area contributed by atoms with Gasteiger partial charge >= 0.3 is 6.03 Å². The highest BCUT2D eigenvalue weighted by atomic mass is 19.1. The van der Waals surface area contributed by atoms with Crippen molar-refractivity contribution in [2.45, 2.75) is 31.7 Å². The van der Waals surface area contributed by atoms with Gasteiger partial charge in [-0.2, -0.15) is 0 Å². The topological polar surface area (TPSA) is 61.4 Å². The summed E-state index contributed by atoms with van der Waals surface area (Å²) in [7, 11) is 0. The number of aliphatic hydroxyl groups is 1. The first-order valence-electron chi connectivity index (χ1n) is 6.73. The normalized spacial score (nSPS) is 22.4. The fourth-order valence-corrected chi connectivity index (χ4v) is 2.53. The smallest absolute Gasteiger partial charge is 0.319 e. The van der Waals surface area contributed by atoms with Crippen molar-refractivity contribution in [3.63, 3.8) is 0 Å². The molecule has 3 N–H and O–H groups in total. The number of nitrogens with one attached hydrogen (secondary N) is 2. The van der Waals surface area contributed by atoms with Crippen LogP contribution in [0.25, 0.3) is 0 Å². The van der Waals surface area contributed by atoms with Gasteiger partial charge in [0.05, 0.1) is 5.69 Å². The predicted molar refractivity (Wildman–Crippen MR) is 71.3 cm³/mol. The number of anilines is 1. The largest absolute Gasteiger partial charge is 0.396 e. The van der Waals surface area contributed by atoms with E-state index in [9.17, 15) is 18.7 Å². The summed E-state index contributed by atoms with van der Waals surface area (Å²) in [5.41, 5.74) is -0.0692. The molecule has 20 heavy (non-hydrogen) atoms. The highest BCUT2D eigenvalue weighted by molar-refractivity contribution is 5.89. The maximum atomic E-state index is 13.4. The lowest BCUT2D eigenvalue weighted by atomic mass is 9.85. The number of hydrogen-bond donors (Lipinski definition) is 3. The molecule has 0 aromatic heterocycles. The number of hydrogen-bond acceptors (Lipinski definition) is 2. The van der Waals surface area contributed by atoms with Crippen LogP contribution < -0.4 is 10.6 Å². The molecule has 4 nitrogen and oxygen atoms in total. The number of rotatable bonds is 3. The minimum absolute atomic E-state index is 0.0237. The lowest BCUT2D eigenvalue weighted by molar-refractivity contribution is 0.156. The molecular formula is C14H18F2N2O2. The molecule has 110 valence electrons. The third kappa shape index (κ3) is 3.66. The maximum absolute atomic E-state index is 13.4. The molecule has 0 unspecified atom stereocenters. The van der Waals surface area contributed by atoms with Crippen LogP contribution >= 0.6 is 0 Å². The first-order valence-corrected chi connectivity index (χ1v) is 6.73. The number of halogens is 2. The van der Waals surface area contributed by atoms with Crippen LogP contribution in [0.5, 0.6) is 0 Å². The second-order valence-electron chi connectivity index (χ2n) is 5.06. The molecule has 1 saturated carbocycles. The molecule has 2 rings (SSSR count). The van der Waals surface area contributed by atoms with Crippen LogP contribution in [0.15, 0.2) is 18.2 Å². The van der Waals surface area contributed by atoms with E-state index >= 15 is 0 Å². The van der Waals surface area contributed by atoms with Crippen molar-refractivity contribution in [1.29, 1.82) is 0 Å². The maximum Gasteiger partial charge on any atom is 0.319 e. The average molecular weight is 284 g/mol. The van der Waals surface area contributed by atoms with E-state index < -0.39 is 17.7 Å². The minimum atomic E-state index is -0.817. The van der Waals surface area contributed by atoms with Crippen molar-refractivity contribution in [3.05, 3.63) is 29.8 Å². The van der Waals surface area contributed by atoms with Crippen molar-refractivity contribution in [3.8, 4) is 0 Å². The van der Waals surface area contributed by atoms with Gasteiger partial charge < -0.3 is 15.7 Å². The van der Waals surface area contributed by atoms with Gasteiger partial charge in [0, 0.05) is 24.6 Å². The first-order chi connectivity index (χ1) is 9.60. The Hall–Kier alpha value is -1.69. The molecule has 0 aliphatic heterocycles. The summed E-state index contributed by atoms with van der Waals surface area (Å²) in [5.74, 6) is -1.48. The monoisotopic (exact) mass is 284 g/mol. The zero-order valence-electron chi connectivity index (χ0n) is 11.0. The predicted octanol–water partition coefficient (Wildman–Crippen LogP) is 2.64. The third-order valence-corrected chi connectivity index (χ3v) is 3.64. The molecule has 1 aromatic rings. The molecule has 6 heteroatoms. The highest BCUT2D eigenvalue weighted by Gasteiger charge is 2.25. The molecule has 1 fully saturated rings. The third-order valence-electron chi connectivity index (χ3n) is 3.64. The van der Waals surface area contributed by atoms with Crippen molar-refractivity contribution in [2.24, 2.45) is 5.92 Å². The summed E-state index contributed by atoms with van der Waals surface area (Å²) in [6, 6.07) is 2.31. The number of carbonyl (C=O) groups is 1. The number of aliphatic hydroxyl groups excluding tert-OH is 1. The molecule has 2 atom stereocenters. The zero-order valence-corrected chi connectivity index (χ0v) is 11.0. The Morgan fingerprint density at radius 1 is 1.30 bits per heavy atom.